The van der Waals surface area contributed by atoms with Crippen LogP contribution in [0, 0.1) is 5.92 Å². The number of aromatic nitrogens is 1. The Morgan fingerprint density at radius 2 is 2.12 bits per heavy atom. The van der Waals surface area contributed by atoms with Crippen LogP contribution in [0.4, 0.5) is 0 Å². The molecule has 0 fully saturated rings. The van der Waals surface area contributed by atoms with Gasteiger partial charge >= 0.3 is 0 Å². The molecule has 2 rings (SSSR count). The van der Waals surface area contributed by atoms with Gasteiger partial charge in [-0.05, 0) is 6.07 Å². The quantitative estimate of drug-likeness (QED) is 0.632. The molecule has 3 heteroatoms. The zero-order valence-electron chi connectivity index (χ0n) is 9.28. The van der Waals surface area contributed by atoms with Crippen molar-refractivity contribution in [1.82, 2.24) is 4.98 Å². The van der Waals surface area contributed by atoms with Crippen molar-refractivity contribution in [2.24, 2.45) is 5.92 Å². The van der Waals surface area contributed by atoms with Crippen LogP contribution in [0.1, 0.15) is 34.6 Å². The lowest BCUT2D eigenvalue weighted by Crippen LogP contribution is -2.06. The van der Waals surface area contributed by atoms with Crippen molar-refractivity contribution in [2.75, 3.05) is 0 Å². The predicted molar refractivity (Wildman–Crippen MR) is 62.9 cm³/mol. The molecule has 16 heavy (non-hydrogen) atoms. The van der Waals surface area contributed by atoms with Crippen molar-refractivity contribution >= 4 is 23.0 Å². The lowest BCUT2D eigenvalue weighted by molar-refractivity contribution is 0.0939. The first-order chi connectivity index (χ1) is 7.63. The van der Waals surface area contributed by atoms with Gasteiger partial charge < -0.3 is 4.98 Å². The number of nitrogens with one attached hydrogen (secondary N) is 1. The molecule has 0 saturated carbocycles. The van der Waals surface area contributed by atoms with Gasteiger partial charge in [0.1, 0.15) is 0 Å². The summed E-state index contributed by atoms with van der Waals surface area (Å²) in [5.41, 5.74) is 2.13. The largest absolute Gasteiger partial charge is 0.360 e. The summed E-state index contributed by atoms with van der Waals surface area (Å²) >= 11 is 0. The van der Waals surface area contributed by atoms with E-state index in [1.165, 1.54) is 0 Å². The number of rotatable bonds is 3. The molecule has 0 aliphatic heterocycles. The third kappa shape index (κ3) is 1.65. The highest BCUT2D eigenvalue weighted by Crippen LogP contribution is 2.19. The Labute approximate surface area is 93.5 Å². The minimum Gasteiger partial charge on any atom is -0.360 e. The Kier molecular flexibility index (Phi) is 2.60. The topological polar surface area (TPSA) is 49.9 Å². The Hall–Kier alpha value is -1.90. The number of hydrogen-bond donors (Lipinski definition) is 1. The maximum Gasteiger partial charge on any atom is 0.165 e. The first-order valence-corrected chi connectivity index (χ1v) is 5.24. The maximum atomic E-state index is 11.8. The number of carbonyl (C=O) groups is 2. The molecule has 0 unspecified atom stereocenters. The number of carbonyl (C=O) groups excluding carboxylic acids is 2. The van der Waals surface area contributed by atoms with Crippen LogP contribution in [0.25, 0.3) is 10.9 Å². The van der Waals surface area contributed by atoms with E-state index in [0.717, 1.165) is 17.2 Å². The van der Waals surface area contributed by atoms with Gasteiger partial charge in [0.2, 0.25) is 0 Å². The number of ketones is 1. The monoisotopic (exact) mass is 215 g/mol. The van der Waals surface area contributed by atoms with Crippen LogP contribution >= 0.6 is 0 Å². The lowest BCUT2D eigenvalue weighted by atomic mass is 10.00. The summed E-state index contributed by atoms with van der Waals surface area (Å²) in [4.78, 5) is 25.5. The van der Waals surface area contributed by atoms with E-state index in [0.29, 0.717) is 11.1 Å². The Balaban J connectivity index is 2.53. The van der Waals surface area contributed by atoms with E-state index < -0.39 is 0 Å². The van der Waals surface area contributed by atoms with E-state index in [-0.39, 0.29) is 11.7 Å². The Bertz CT molecular complexity index is 552. The molecule has 82 valence electrons. The molecule has 1 aromatic heterocycles. The van der Waals surface area contributed by atoms with E-state index in [4.69, 9.17) is 0 Å². The van der Waals surface area contributed by atoms with Crippen molar-refractivity contribution in [3.8, 4) is 0 Å². The minimum absolute atomic E-state index is 0.0158. The van der Waals surface area contributed by atoms with Crippen LogP contribution in [0.5, 0.6) is 0 Å². The molecular formula is C13H13NO2. The highest BCUT2D eigenvalue weighted by atomic mass is 16.1. The third-order valence-corrected chi connectivity index (χ3v) is 2.65. The fourth-order valence-corrected chi connectivity index (χ4v) is 1.73. The summed E-state index contributed by atoms with van der Waals surface area (Å²) in [5, 5.41) is 0.857. The second-order valence-electron chi connectivity index (χ2n) is 4.14. The van der Waals surface area contributed by atoms with Gasteiger partial charge in [0.25, 0.3) is 0 Å². The molecule has 0 atom stereocenters. The molecule has 0 saturated heterocycles. The second-order valence-corrected chi connectivity index (χ2v) is 4.14. The average molecular weight is 215 g/mol. The third-order valence-electron chi connectivity index (χ3n) is 2.65. The Morgan fingerprint density at radius 3 is 2.75 bits per heavy atom. The van der Waals surface area contributed by atoms with Gasteiger partial charge in [-0.15, -0.1) is 0 Å². The summed E-state index contributed by atoms with van der Waals surface area (Å²) in [5.74, 6) is 0.0992. The molecule has 0 aliphatic carbocycles. The molecule has 1 heterocycles. The van der Waals surface area contributed by atoms with E-state index in [2.05, 4.69) is 4.98 Å². The highest BCUT2D eigenvalue weighted by Gasteiger charge is 2.11. The molecule has 0 bridgehead atoms. The first kappa shape index (κ1) is 10.6. The summed E-state index contributed by atoms with van der Waals surface area (Å²) in [6, 6.07) is 5.38. The van der Waals surface area contributed by atoms with Crippen molar-refractivity contribution in [2.45, 2.75) is 13.8 Å². The number of Topliss-reactive ketones (excluding diaryl/α,β-unsaturated/α-hetero) is 1. The number of aldehydes is 1. The van der Waals surface area contributed by atoms with Gasteiger partial charge in [-0.2, -0.15) is 0 Å². The van der Waals surface area contributed by atoms with Crippen molar-refractivity contribution in [1.29, 1.82) is 0 Å². The van der Waals surface area contributed by atoms with Gasteiger partial charge in [-0.3, -0.25) is 9.59 Å². The zero-order chi connectivity index (χ0) is 11.7. The smallest absolute Gasteiger partial charge is 0.165 e. The highest BCUT2D eigenvalue weighted by molar-refractivity contribution is 6.03. The molecule has 2 aromatic rings. The van der Waals surface area contributed by atoms with E-state index in [1.807, 2.05) is 19.9 Å². The SMILES string of the molecule is CC(C)C(=O)c1ccc2c(C=O)c[nH]c2c1. The van der Waals surface area contributed by atoms with Gasteiger partial charge in [-0.1, -0.05) is 26.0 Å². The summed E-state index contributed by atoms with van der Waals surface area (Å²) < 4.78 is 0. The Morgan fingerprint density at radius 1 is 1.38 bits per heavy atom. The zero-order valence-corrected chi connectivity index (χ0v) is 9.28. The van der Waals surface area contributed by atoms with Crippen LogP contribution in [0.15, 0.2) is 24.4 Å². The van der Waals surface area contributed by atoms with Crippen LogP contribution in [0.2, 0.25) is 0 Å². The van der Waals surface area contributed by atoms with E-state index in [9.17, 15) is 9.59 Å². The van der Waals surface area contributed by atoms with E-state index >= 15 is 0 Å². The van der Waals surface area contributed by atoms with Gasteiger partial charge in [-0.25, -0.2) is 0 Å². The molecule has 1 N–H and O–H groups in total. The second kappa shape index (κ2) is 3.93. The molecule has 1 aromatic carbocycles. The molecule has 3 nitrogen and oxygen atoms in total. The number of hydrogen-bond acceptors (Lipinski definition) is 2. The van der Waals surface area contributed by atoms with Gasteiger partial charge in [0, 0.05) is 34.1 Å². The first-order valence-electron chi connectivity index (χ1n) is 5.24. The molecule has 0 spiro atoms. The fraction of sp³-hybridized carbons (Fsp3) is 0.231. The minimum atomic E-state index is -0.0158. The van der Waals surface area contributed by atoms with Crippen LogP contribution in [-0.4, -0.2) is 17.1 Å². The van der Waals surface area contributed by atoms with Crippen LogP contribution < -0.4 is 0 Å². The van der Waals surface area contributed by atoms with Crippen molar-refractivity contribution < 1.29 is 9.59 Å². The normalized spacial score (nSPS) is 10.9. The molecular weight excluding hydrogens is 202 g/mol. The van der Waals surface area contributed by atoms with Crippen LogP contribution in [-0.2, 0) is 0 Å². The van der Waals surface area contributed by atoms with Gasteiger partial charge in [0.05, 0.1) is 0 Å². The number of benzene rings is 1. The van der Waals surface area contributed by atoms with Gasteiger partial charge in [0.15, 0.2) is 12.1 Å². The number of fused-ring (bicyclic) bond motifs is 1. The molecule has 0 amide bonds. The van der Waals surface area contributed by atoms with E-state index in [1.54, 1.807) is 18.3 Å². The number of aromatic amines is 1. The molecule has 0 radical (unpaired) electrons. The summed E-state index contributed by atoms with van der Waals surface area (Å²) in [7, 11) is 0. The van der Waals surface area contributed by atoms with Crippen molar-refractivity contribution in [3.05, 3.63) is 35.5 Å². The standard InChI is InChI=1S/C13H13NO2/c1-8(2)13(16)9-3-4-11-10(7-15)6-14-12(11)5-9/h3-8,14H,1-2H3. The maximum absolute atomic E-state index is 11.8. The summed E-state index contributed by atoms with van der Waals surface area (Å²) in [6.07, 6.45) is 2.46. The van der Waals surface area contributed by atoms with Crippen LogP contribution in [0.3, 0.4) is 0 Å². The van der Waals surface area contributed by atoms with Crippen molar-refractivity contribution in [3.63, 3.8) is 0 Å². The molecule has 0 aliphatic rings. The average Bonchev–Trinajstić information content (AvgIpc) is 2.69. The lowest BCUT2D eigenvalue weighted by Gasteiger charge is -2.03. The summed E-state index contributed by atoms with van der Waals surface area (Å²) in [6.45, 7) is 3.75. The predicted octanol–water partition coefficient (Wildman–Crippen LogP) is 2.82. The fourth-order valence-electron chi connectivity index (χ4n) is 1.73. The number of H-pyrrole nitrogens is 1.